The number of aryl methyl sites for hydroxylation is 1. The summed E-state index contributed by atoms with van der Waals surface area (Å²) < 4.78 is 13.1. The maximum absolute atomic E-state index is 12.6. The van der Waals surface area contributed by atoms with Crippen LogP contribution in [0.25, 0.3) is 22.0 Å². The van der Waals surface area contributed by atoms with Crippen LogP contribution in [0, 0.1) is 5.92 Å². The second-order valence-corrected chi connectivity index (χ2v) is 7.72. The van der Waals surface area contributed by atoms with Crippen molar-refractivity contribution in [3.05, 3.63) is 52.1 Å². The molecule has 1 N–H and O–H groups in total. The van der Waals surface area contributed by atoms with Crippen LogP contribution in [0.3, 0.4) is 0 Å². The smallest absolute Gasteiger partial charge is 0.274 e. The molecule has 1 unspecified atom stereocenters. The van der Waals surface area contributed by atoms with Gasteiger partial charge in [0.05, 0.1) is 6.61 Å². The zero-order valence-electron chi connectivity index (χ0n) is 16.5. The number of carbonyl (C=O) groups is 1. The highest BCUT2D eigenvalue weighted by Gasteiger charge is 2.32. The van der Waals surface area contributed by atoms with E-state index in [1.165, 1.54) is 0 Å². The number of hydrogen-bond acceptors (Lipinski definition) is 4. The Hall–Kier alpha value is -2.86. The van der Waals surface area contributed by atoms with Crippen LogP contribution < -0.4 is 10.3 Å². The quantitative estimate of drug-likeness (QED) is 0.754. The maximum atomic E-state index is 12.6. The Morgan fingerprint density at radius 2 is 2.07 bits per heavy atom. The largest absolute Gasteiger partial charge is 0.481 e. The molecule has 0 amide bonds. The van der Waals surface area contributed by atoms with Crippen molar-refractivity contribution in [2.75, 3.05) is 7.11 Å². The molecule has 2 aromatic heterocycles. The van der Waals surface area contributed by atoms with Crippen molar-refractivity contribution in [3.63, 3.8) is 0 Å². The van der Waals surface area contributed by atoms with Crippen molar-refractivity contribution < 1.29 is 14.3 Å². The van der Waals surface area contributed by atoms with Gasteiger partial charge < -0.3 is 19.0 Å². The van der Waals surface area contributed by atoms with E-state index in [-0.39, 0.29) is 17.3 Å². The van der Waals surface area contributed by atoms with Gasteiger partial charge in [0, 0.05) is 55.0 Å². The van der Waals surface area contributed by atoms with Gasteiger partial charge in [-0.3, -0.25) is 9.59 Å². The molecule has 3 heterocycles. The Morgan fingerprint density at radius 1 is 1.29 bits per heavy atom. The average Bonchev–Trinajstić information content (AvgIpc) is 3.13. The molecule has 0 fully saturated rings. The number of nitrogens with one attached hydrogen (secondary N) is 1. The highest BCUT2D eigenvalue weighted by molar-refractivity contribution is 5.97. The van der Waals surface area contributed by atoms with Gasteiger partial charge in [0.25, 0.3) is 5.56 Å². The number of methoxy groups -OCH3 is 1. The standard InChI is InChI=1S/C22H24N2O4/c1-12(2)20-18(25)9-14-7-13(11-27-4)8-16(21(14)28-20)17-10-24(3)22(26)19-15(17)5-6-23-19/h5-8,10,12,20,23H,9,11H2,1-4H3. The SMILES string of the molecule is COCc1cc2c(c(-c3cn(C)c(=O)c4[nH]ccc34)c1)OC(C(C)C)C(=O)C2. The lowest BCUT2D eigenvalue weighted by Gasteiger charge is -2.30. The number of H-pyrrole nitrogens is 1. The van der Waals surface area contributed by atoms with E-state index in [1.54, 1.807) is 24.9 Å². The van der Waals surface area contributed by atoms with Gasteiger partial charge in [-0.2, -0.15) is 0 Å². The number of carbonyl (C=O) groups excluding carboxylic acids is 1. The van der Waals surface area contributed by atoms with Crippen molar-refractivity contribution in [3.8, 4) is 16.9 Å². The molecule has 0 radical (unpaired) electrons. The van der Waals surface area contributed by atoms with E-state index >= 15 is 0 Å². The molecule has 1 aromatic carbocycles. The molecule has 1 atom stereocenters. The number of aromatic nitrogens is 2. The van der Waals surface area contributed by atoms with Gasteiger partial charge in [-0.1, -0.05) is 13.8 Å². The van der Waals surface area contributed by atoms with Crippen LogP contribution in [0.5, 0.6) is 5.75 Å². The molecule has 0 spiro atoms. The molecule has 0 aliphatic carbocycles. The number of nitrogens with zero attached hydrogens (tertiary/aromatic N) is 1. The van der Waals surface area contributed by atoms with Gasteiger partial charge in [-0.15, -0.1) is 0 Å². The molecule has 1 aliphatic rings. The third-order valence-corrected chi connectivity index (χ3v) is 5.25. The number of fused-ring (bicyclic) bond motifs is 2. The van der Waals surface area contributed by atoms with Gasteiger partial charge >= 0.3 is 0 Å². The number of hydrogen-bond donors (Lipinski definition) is 1. The molecule has 0 saturated heterocycles. The summed E-state index contributed by atoms with van der Waals surface area (Å²) in [6.07, 6.45) is 3.47. The number of ether oxygens (including phenoxy) is 2. The first-order chi connectivity index (χ1) is 13.4. The summed E-state index contributed by atoms with van der Waals surface area (Å²) in [6.45, 7) is 4.41. The molecule has 4 rings (SSSR count). The monoisotopic (exact) mass is 380 g/mol. The van der Waals surface area contributed by atoms with Crippen molar-refractivity contribution in [2.24, 2.45) is 13.0 Å². The number of rotatable bonds is 4. The van der Waals surface area contributed by atoms with Crippen LogP contribution in [0.4, 0.5) is 0 Å². The number of Topliss-reactive ketones (excluding diaryl/α,β-unsaturated/α-hetero) is 1. The minimum Gasteiger partial charge on any atom is -0.481 e. The number of aromatic amines is 1. The van der Waals surface area contributed by atoms with Crippen LogP contribution >= 0.6 is 0 Å². The Kier molecular flexibility index (Phi) is 4.59. The maximum Gasteiger partial charge on any atom is 0.274 e. The number of benzene rings is 1. The molecule has 0 saturated carbocycles. The highest BCUT2D eigenvalue weighted by atomic mass is 16.5. The van der Waals surface area contributed by atoms with E-state index in [0.717, 1.165) is 33.4 Å². The van der Waals surface area contributed by atoms with Gasteiger partial charge in [0.2, 0.25) is 0 Å². The predicted octanol–water partition coefficient (Wildman–Crippen LogP) is 3.21. The summed E-state index contributed by atoms with van der Waals surface area (Å²) in [7, 11) is 3.38. The van der Waals surface area contributed by atoms with Crippen LogP contribution in [-0.2, 0) is 29.6 Å². The van der Waals surface area contributed by atoms with Crippen molar-refractivity contribution in [1.82, 2.24) is 9.55 Å². The molecule has 28 heavy (non-hydrogen) atoms. The fraction of sp³-hybridized carbons (Fsp3) is 0.364. The van der Waals surface area contributed by atoms with Crippen LogP contribution in [0.2, 0.25) is 0 Å². The van der Waals surface area contributed by atoms with Crippen LogP contribution in [0.1, 0.15) is 25.0 Å². The molecular formula is C22H24N2O4. The van der Waals surface area contributed by atoms with E-state index in [1.807, 2.05) is 38.2 Å². The first-order valence-electron chi connectivity index (χ1n) is 9.42. The average molecular weight is 380 g/mol. The second-order valence-electron chi connectivity index (χ2n) is 7.72. The fourth-order valence-corrected chi connectivity index (χ4v) is 3.95. The second kappa shape index (κ2) is 6.95. The molecule has 0 bridgehead atoms. The summed E-state index contributed by atoms with van der Waals surface area (Å²) in [5.41, 5.74) is 4.07. The minimum atomic E-state index is -0.464. The summed E-state index contributed by atoms with van der Waals surface area (Å²) in [6, 6.07) is 5.91. The molecule has 1 aliphatic heterocycles. The lowest BCUT2D eigenvalue weighted by molar-refractivity contribution is -0.128. The third kappa shape index (κ3) is 2.94. The molecular weight excluding hydrogens is 356 g/mol. The van der Waals surface area contributed by atoms with Crippen molar-refractivity contribution in [2.45, 2.75) is 33.0 Å². The van der Waals surface area contributed by atoms with E-state index in [0.29, 0.717) is 18.5 Å². The Labute approximate surface area is 163 Å². The van der Waals surface area contributed by atoms with E-state index in [9.17, 15) is 9.59 Å². The lowest BCUT2D eigenvalue weighted by atomic mass is 9.89. The fourth-order valence-electron chi connectivity index (χ4n) is 3.95. The first-order valence-corrected chi connectivity index (χ1v) is 9.42. The van der Waals surface area contributed by atoms with Gasteiger partial charge in [0.1, 0.15) is 11.3 Å². The van der Waals surface area contributed by atoms with E-state index < -0.39 is 6.10 Å². The predicted molar refractivity (Wildman–Crippen MR) is 108 cm³/mol. The molecule has 6 nitrogen and oxygen atoms in total. The Morgan fingerprint density at radius 3 is 2.79 bits per heavy atom. The van der Waals surface area contributed by atoms with E-state index in [2.05, 4.69) is 4.98 Å². The molecule has 6 heteroatoms. The van der Waals surface area contributed by atoms with Crippen molar-refractivity contribution in [1.29, 1.82) is 0 Å². The lowest BCUT2D eigenvalue weighted by Crippen LogP contribution is -2.37. The summed E-state index contributed by atoms with van der Waals surface area (Å²) >= 11 is 0. The summed E-state index contributed by atoms with van der Waals surface area (Å²) in [5.74, 6) is 0.897. The van der Waals surface area contributed by atoms with Gasteiger partial charge in [0.15, 0.2) is 11.9 Å². The van der Waals surface area contributed by atoms with E-state index in [4.69, 9.17) is 9.47 Å². The van der Waals surface area contributed by atoms with Crippen LogP contribution in [-0.4, -0.2) is 28.5 Å². The zero-order chi connectivity index (χ0) is 20.0. The van der Waals surface area contributed by atoms with Gasteiger partial charge in [-0.05, 0) is 29.7 Å². The molecule has 146 valence electrons. The minimum absolute atomic E-state index is 0.0817. The Balaban J connectivity index is 2.00. The first kappa shape index (κ1) is 18.5. The third-order valence-electron chi connectivity index (χ3n) is 5.25. The highest BCUT2D eigenvalue weighted by Crippen LogP contribution is 2.41. The van der Waals surface area contributed by atoms with Crippen molar-refractivity contribution >= 4 is 16.7 Å². The normalized spacial score (nSPS) is 16.5. The zero-order valence-corrected chi connectivity index (χ0v) is 16.5. The van der Waals surface area contributed by atoms with Gasteiger partial charge in [-0.25, -0.2) is 0 Å². The summed E-state index contributed by atoms with van der Waals surface area (Å²) in [5, 5.41) is 0.835. The molecule has 3 aromatic rings. The number of pyridine rings is 1. The Bertz CT molecular complexity index is 1120. The topological polar surface area (TPSA) is 73.3 Å². The number of ketones is 1. The van der Waals surface area contributed by atoms with Crippen LogP contribution in [0.15, 0.2) is 35.4 Å². The summed E-state index contributed by atoms with van der Waals surface area (Å²) in [4.78, 5) is 28.1.